The van der Waals surface area contributed by atoms with E-state index >= 15 is 0 Å². The van der Waals surface area contributed by atoms with E-state index in [-0.39, 0.29) is 31.1 Å². The minimum Gasteiger partial charge on any atom is -0.462 e. The summed E-state index contributed by atoms with van der Waals surface area (Å²) < 4.78 is 16.9. The van der Waals surface area contributed by atoms with Gasteiger partial charge in [-0.05, 0) is 31.1 Å². The van der Waals surface area contributed by atoms with Crippen LogP contribution in [-0.2, 0) is 28.6 Å². The smallest absolute Gasteiger partial charge is 0.306 e. The molecule has 0 saturated carbocycles. The second-order valence-electron chi connectivity index (χ2n) is 20.9. The molecule has 0 N–H and O–H groups in total. The van der Waals surface area contributed by atoms with Crippen LogP contribution in [0.25, 0.3) is 0 Å². The van der Waals surface area contributed by atoms with Crippen LogP contribution >= 0.6 is 0 Å². The first-order valence-electron chi connectivity index (χ1n) is 28.7. The molecule has 64 heavy (non-hydrogen) atoms. The first-order valence-corrected chi connectivity index (χ1v) is 28.7. The van der Waals surface area contributed by atoms with E-state index in [1.54, 1.807) is 0 Å². The van der Waals surface area contributed by atoms with Gasteiger partial charge in [0.15, 0.2) is 6.10 Å². The van der Waals surface area contributed by atoms with Gasteiger partial charge in [0.05, 0.1) is 0 Å². The molecule has 0 aliphatic heterocycles. The summed E-state index contributed by atoms with van der Waals surface area (Å²) in [5.74, 6) is 0.852. The number of unbranched alkanes of at least 4 members (excludes halogenated alkanes) is 37. The summed E-state index contributed by atoms with van der Waals surface area (Å²) in [6, 6.07) is 0. The van der Waals surface area contributed by atoms with Gasteiger partial charge in [0.1, 0.15) is 13.2 Å². The van der Waals surface area contributed by atoms with Crippen LogP contribution in [0.3, 0.4) is 0 Å². The highest BCUT2D eigenvalue weighted by atomic mass is 16.6. The zero-order valence-electron chi connectivity index (χ0n) is 43.9. The minimum atomic E-state index is -0.762. The fourth-order valence-electron chi connectivity index (χ4n) is 8.87. The lowest BCUT2D eigenvalue weighted by molar-refractivity contribution is -0.167. The van der Waals surface area contributed by atoms with E-state index < -0.39 is 6.10 Å². The number of carbonyl (C=O) groups is 3. The lowest BCUT2D eigenvalue weighted by Gasteiger charge is -2.18. The number of rotatable bonds is 52. The molecule has 0 aliphatic carbocycles. The second-order valence-corrected chi connectivity index (χ2v) is 20.9. The van der Waals surface area contributed by atoms with Gasteiger partial charge in [0, 0.05) is 19.3 Å². The molecule has 0 bridgehead atoms. The van der Waals surface area contributed by atoms with Gasteiger partial charge in [-0.1, -0.05) is 285 Å². The molecule has 6 nitrogen and oxygen atoms in total. The van der Waals surface area contributed by atoms with Gasteiger partial charge in [0.2, 0.25) is 0 Å². The fraction of sp³-hybridized carbons (Fsp3) is 0.948. The summed E-state index contributed by atoms with van der Waals surface area (Å²) in [4.78, 5) is 38.1. The molecule has 0 aromatic rings. The Morgan fingerprint density at radius 2 is 0.516 bits per heavy atom. The molecule has 0 saturated heterocycles. The van der Waals surface area contributed by atoms with Crippen molar-refractivity contribution in [3.63, 3.8) is 0 Å². The standard InChI is InChI=1S/C58H112O6/c1-6-7-8-9-10-11-21-28-33-38-43-48-56(59)62-51-55(52-63-57(60)49-44-39-34-29-24-20-16-18-23-27-32-37-42-47-54(4)5)64-58(61)50-45-40-35-30-25-19-15-13-12-14-17-22-26-31-36-41-46-53(2)3/h53-55H,6-52H2,1-5H3/t55-/m0/s1. The molecule has 6 heteroatoms. The van der Waals surface area contributed by atoms with Crippen molar-refractivity contribution in [1.29, 1.82) is 0 Å². The summed E-state index contributed by atoms with van der Waals surface area (Å²) in [6.07, 6.45) is 53.8. The molecule has 0 rings (SSSR count). The van der Waals surface area contributed by atoms with Crippen molar-refractivity contribution in [2.24, 2.45) is 11.8 Å². The lowest BCUT2D eigenvalue weighted by atomic mass is 10.0. The fourth-order valence-corrected chi connectivity index (χ4v) is 8.87. The Hall–Kier alpha value is -1.59. The molecule has 0 unspecified atom stereocenters. The van der Waals surface area contributed by atoms with Crippen molar-refractivity contribution in [2.75, 3.05) is 13.2 Å². The predicted octanol–water partition coefficient (Wildman–Crippen LogP) is 18.9. The molecule has 1 atom stereocenters. The zero-order valence-corrected chi connectivity index (χ0v) is 43.9. The van der Waals surface area contributed by atoms with Crippen molar-refractivity contribution in [2.45, 2.75) is 330 Å². The predicted molar refractivity (Wildman–Crippen MR) is 275 cm³/mol. The first-order chi connectivity index (χ1) is 31.2. The average Bonchev–Trinajstić information content (AvgIpc) is 3.27. The van der Waals surface area contributed by atoms with Crippen LogP contribution in [0.2, 0.25) is 0 Å². The van der Waals surface area contributed by atoms with Crippen LogP contribution in [0.15, 0.2) is 0 Å². The molecule has 0 heterocycles. The highest BCUT2D eigenvalue weighted by Crippen LogP contribution is 2.18. The summed E-state index contributed by atoms with van der Waals surface area (Å²) in [6.45, 7) is 11.4. The van der Waals surface area contributed by atoms with Crippen molar-refractivity contribution in [3.8, 4) is 0 Å². The highest BCUT2D eigenvalue weighted by molar-refractivity contribution is 5.71. The van der Waals surface area contributed by atoms with E-state index in [2.05, 4.69) is 34.6 Å². The van der Waals surface area contributed by atoms with Gasteiger partial charge in [0.25, 0.3) is 0 Å². The summed E-state index contributed by atoms with van der Waals surface area (Å²) in [7, 11) is 0. The van der Waals surface area contributed by atoms with Crippen LogP contribution in [0.5, 0.6) is 0 Å². The van der Waals surface area contributed by atoms with Crippen molar-refractivity contribution < 1.29 is 28.6 Å². The summed E-state index contributed by atoms with van der Waals surface area (Å²) >= 11 is 0. The molecular weight excluding hydrogens is 793 g/mol. The zero-order chi connectivity index (χ0) is 46.8. The first kappa shape index (κ1) is 62.4. The van der Waals surface area contributed by atoms with E-state index in [4.69, 9.17) is 14.2 Å². The third-order valence-electron chi connectivity index (χ3n) is 13.2. The third-order valence-corrected chi connectivity index (χ3v) is 13.2. The number of carbonyl (C=O) groups excluding carboxylic acids is 3. The molecule has 0 fully saturated rings. The molecule has 0 spiro atoms. The van der Waals surface area contributed by atoms with E-state index in [0.717, 1.165) is 69.6 Å². The van der Waals surface area contributed by atoms with Crippen molar-refractivity contribution >= 4 is 17.9 Å². The lowest BCUT2D eigenvalue weighted by Crippen LogP contribution is -2.30. The Kier molecular flexibility index (Phi) is 49.6. The quantitative estimate of drug-likeness (QED) is 0.0344. The number of hydrogen-bond acceptors (Lipinski definition) is 6. The van der Waals surface area contributed by atoms with Gasteiger partial charge in [-0.25, -0.2) is 0 Å². The Morgan fingerprint density at radius 3 is 0.766 bits per heavy atom. The maximum absolute atomic E-state index is 12.8. The molecule has 0 aromatic heterocycles. The molecular formula is C58H112O6. The van der Waals surface area contributed by atoms with Gasteiger partial charge in [-0.3, -0.25) is 14.4 Å². The van der Waals surface area contributed by atoms with Crippen LogP contribution in [-0.4, -0.2) is 37.2 Å². The third kappa shape index (κ3) is 51.4. The Labute approximate surface area is 399 Å². The average molecular weight is 906 g/mol. The van der Waals surface area contributed by atoms with Crippen LogP contribution in [0.1, 0.15) is 324 Å². The van der Waals surface area contributed by atoms with E-state index in [1.165, 1.54) is 212 Å². The largest absolute Gasteiger partial charge is 0.462 e. The second kappa shape index (κ2) is 50.8. The molecule has 0 radical (unpaired) electrons. The topological polar surface area (TPSA) is 78.9 Å². The number of ether oxygens (including phenoxy) is 3. The van der Waals surface area contributed by atoms with E-state index in [9.17, 15) is 14.4 Å². The Bertz CT molecular complexity index is 978. The molecule has 0 amide bonds. The maximum Gasteiger partial charge on any atom is 0.306 e. The maximum atomic E-state index is 12.8. The molecule has 0 aromatic carbocycles. The normalized spacial score (nSPS) is 12.0. The van der Waals surface area contributed by atoms with Crippen molar-refractivity contribution in [1.82, 2.24) is 0 Å². The summed E-state index contributed by atoms with van der Waals surface area (Å²) in [5, 5.41) is 0. The number of esters is 3. The van der Waals surface area contributed by atoms with Crippen LogP contribution in [0, 0.1) is 11.8 Å². The van der Waals surface area contributed by atoms with Gasteiger partial charge < -0.3 is 14.2 Å². The van der Waals surface area contributed by atoms with Crippen LogP contribution < -0.4 is 0 Å². The van der Waals surface area contributed by atoms with Crippen molar-refractivity contribution in [3.05, 3.63) is 0 Å². The molecule has 380 valence electrons. The van der Waals surface area contributed by atoms with Gasteiger partial charge in [-0.15, -0.1) is 0 Å². The van der Waals surface area contributed by atoms with Gasteiger partial charge in [-0.2, -0.15) is 0 Å². The summed E-state index contributed by atoms with van der Waals surface area (Å²) in [5.41, 5.74) is 0. The van der Waals surface area contributed by atoms with E-state index in [1.807, 2.05) is 0 Å². The van der Waals surface area contributed by atoms with Crippen LogP contribution in [0.4, 0.5) is 0 Å². The molecule has 0 aliphatic rings. The van der Waals surface area contributed by atoms with Gasteiger partial charge >= 0.3 is 17.9 Å². The van der Waals surface area contributed by atoms with E-state index in [0.29, 0.717) is 19.3 Å². The monoisotopic (exact) mass is 905 g/mol. The Morgan fingerprint density at radius 1 is 0.297 bits per heavy atom. The minimum absolute atomic E-state index is 0.0627. The Balaban J connectivity index is 4.26. The highest BCUT2D eigenvalue weighted by Gasteiger charge is 2.19. The SMILES string of the molecule is CCCCCCCCCCCCCC(=O)OC[C@@H](COC(=O)CCCCCCCCCCCCCCCC(C)C)OC(=O)CCCCCCCCCCCCCCCCCCC(C)C. The number of hydrogen-bond donors (Lipinski definition) is 0.